The number of nitrogens with two attached hydrogens (primary N) is 1. The van der Waals surface area contributed by atoms with E-state index in [0.29, 0.717) is 18.5 Å². The van der Waals surface area contributed by atoms with Crippen molar-refractivity contribution in [2.45, 2.75) is 64.8 Å². The third-order valence-corrected chi connectivity index (χ3v) is 4.64. The Morgan fingerprint density at radius 3 is 2.44 bits per heavy atom. The smallest absolute Gasteiger partial charge is 0.228 e. The Morgan fingerprint density at radius 1 is 1.07 bits per heavy atom. The van der Waals surface area contributed by atoms with Gasteiger partial charge in [0.05, 0.1) is 5.39 Å². The van der Waals surface area contributed by atoms with Gasteiger partial charge in [-0.15, -0.1) is 0 Å². The van der Waals surface area contributed by atoms with Crippen LogP contribution in [0.25, 0.3) is 11.0 Å². The van der Waals surface area contributed by atoms with Crippen LogP contribution in [0.3, 0.4) is 0 Å². The Kier molecular flexibility index (Phi) is 8.93. The lowest BCUT2D eigenvalue weighted by molar-refractivity contribution is 0.239. The average molecular weight is 373 g/mol. The number of nitrogens with zero attached hydrogens (tertiary/aromatic N) is 3. The van der Waals surface area contributed by atoms with Gasteiger partial charge < -0.3 is 19.8 Å². The first kappa shape index (κ1) is 21.0. The SMILES string of the molecule is CC.COCC#CCOc1nc(N)nc2c1ccn2C1CCCCCCC1. The zero-order valence-electron chi connectivity index (χ0n) is 16.8. The second-order valence-corrected chi connectivity index (χ2v) is 6.42. The highest BCUT2D eigenvalue weighted by molar-refractivity contribution is 5.82. The molecule has 1 aliphatic rings. The molecule has 1 aliphatic carbocycles. The number of aromatic nitrogens is 3. The van der Waals surface area contributed by atoms with Crippen LogP contribution < -0.4 is 10.5 Å². The number of anilines is 1. The first-order chi connectivity index (χ1) is 13.3. The van der Waals surface area contributed by atoms with Gasteiger partial charge in [0.1, 0.15) is 12.3 Å². The fraction of sp³-hybridized carbons (Fsp3) is 0.619. The number of ether oxygens (including phenoxy) is 2. The predicted octanol–water partition coefficient (Wildman–Crippen LogP) is 4.35. The van der Waals surface area contributed by atoms with Gasteiger partial charge >= 0.3 is 0 Å². The summed E-state index contributed by atoms with van der Waals surface area (Å²) in [5.41, 5.74) is 6.78. The molecule has 27 heavy (non-hydrogen) atoms. The summed E-state index contributed by atoms with van der Waals surface area (Å²) in [5, 5.41) is 0.893. The van der Waals surface area contributed by atoms with Gasteiger partial charge in [0.15, 0.2) is 6.61 Å². The van der Waals surface area contributed by atoms with Gasteiger partial charge in [-0.3, -0.25) is 0 Å². The van der Waals surface area contributed by atoms with Crippen molar-refractivity contribution in [2.24, 2.45) is 0 Å². The topological polar surface area (TPSA) is 75.2 Å². The van der Waals surface area contributed by atoms with Crippen LogP contribution in [-0.2, 0) is 4.74 Å². The molecule has 0 amide bonds. The van der Waals surface area contributed by atoms with Crippen LogP contribution in [0.1, 0.15) is 64.8 Å². The summed E-state index contributed by atoms with van der Waals surface area (Å²) in [6.07, 6.45) is 11.0. The van der Waals surface area contributed by atoms with Crippen LogP contribution in [0.5, 0.6) is 5.88 Å². The molecule has 0 aromatic carbocycles. The van der Waals surface area contributed by atoms with Crippen molar-refractivity contribution in [1.29, 1.82) is 0 Å². The van der Waals surface area contributed by atoms with E-state index in [4.69, 9.17) is 15.2 Å². The van der Waals surface area contributed by atoms with Crippen LogP contribution in [0.4, 0.5) is 5.95 Å². The average Bonchev–Trinajstić information content (AvgIpc) is 3.07. The lowest BCUT2D eigenvalue weighted by Gasteiger charge is -2.22. The molecule has 0 atom stereocenters. The number of hydrogen-bond donors (Lipinski definition) is 1. The molecule has 0 unspecified atom stereocenters. The van der Waals surface area contributed by atoms with Crippen molar-refractivity contribution < 1.29 is 9.47 Å². The van der Waals surface area contributed by atoms with Gasteiger partial charge in [-0.05, 0) is 18.9 Å². The van der Waals surface area contributed by atoms with Crippen molar-refractivity contribution in [3.8, 4) is 17.7 Å². The maximum atomic E-state index is 5.92. The van der Waals surface area contributed by atoms with Gasteiger partial charge in [-0.25, -0.2) is 0 Å². The van der Waals surface area contributed by atoms with Crippen LogP contribution in [0, 0.1) is 11.8 Å². The highest BCUT2D eigenvalue weighted by Gasteiger charge is 2.18. The van der Waals surface area contributed by atoms with Gasteiger partial charge in [-0.1, -0.05) is 57.8 Å². The quantitative estimate of drug-likeness (QED) is 0.807. The summed E-state index contributed by atoms with van der Waals surface area (Å²) in [6, 6.07) is 2.49. The molecule has 0 bridgehead atoms. The lowest BCUT2D eigenvalue weighted by atomic mass is 9.96. The van der Waals surface area contributed by atoms with Crippen LogP contribution in [-0.4, -0.2) is 34.9 Å². The number of hydrogen-bond acceptors (Lipinski definition) is 5. The van der Waals surface area contributed by atoms with E-state index in [1.54, 1.807) is 7.11 Å². The number of rotatable bonds is 4. The first-order valence-electron chi connectivity index (χ1n) is 10.0. The molecule has 0 saturated heterocycles. The van der Waals surface area contributed by atoms with E-state index in [-0.39, 0.29) is 12.6 Å². The minimum absolute atomic E-state index is 0.234. The molecule has 1 fully saturated rings. The normalized spacial score (nSPS) is 15.1. The minimum Gasteiger partial charge on any atom is -0.464 e. The molecule has 6 nitrogen and oxygen atoms in total. The van der Waals surface area contributed by atoms with E-state index < -0.39 is 0 Å². The van der Waals surface area contributed by atoms with Crippen LogP contribution in [0.15, 0.2) is 12.3 Å². The van der Waals surface area contributed by atoms with Crippen molar-refractivity contribution in [3.05, 3.63) is 12.3 Å². The van der Waals surface area contributed by atoms with E-state index in [1.807, 2.05) is 19.9 Å². The maximum Gasteiger partial charge on any atom is 0.228 e. The van der Waals surface area contributed by atoms with E-state index in [2.05, 4.69) is 32.6 Å². The first-order valence-corrected chi connectivity index (χ1v) is 10.0. The third-order valence-electron chi connectivity index (χ3n) is 4.64. The highest BCUT2D eigenvalue weighted by atomic mass is 16.5. The molecule has 0 aliphatic heterocycles. The molecular weight excluding hydrogens is 340 g/mol. The van der Waals surface area contributed by atoms with Crippen molar-refractivity contribution >= 4 is 17.0 Å². The Balaban J connectivity index is 0.00000126. The monoisotopic (exact) mass is 372 g/mol. The van der Waals surface area contributed by atoms with Crippen molar-refractivity contribution in [1.82, 2.24) is 14.5 Å². The predicted molar refractivity (Wildman–Crippen MR) is 110 cm³/mol. The zero-order valence-corrected chi connectivity index (χ0v) is 16.8. The summed E-state index contributed by atoms with van der Waals surface area (Å²) in [7, 11) is 1.61. The van der Waals surface area contributed by atoms with Gasteiger partial charge in [0, 0.05) is 19.3 Å². The lowest BCUT2D eigenvalue weighted by Crippen LogP contribution is -2.11. The molecule has 2 heterocycles. The summed E-state index contributed by atoms with van der Waals surface area (Å²) in [6.45, 7) is 4.65. The van der Waals surface area contributed by atoms with Gasteiger partial charge in [0.25, 0.3) is 0 Å². The van der Waals surface area contributed by atoms with E-state index in [9.17, 15) is 0 Å². The van der Waals surface area contributed by atoms with Crippen molar-refractivity contribution in [3.63, 3.8) is 0 Å². The summed E-state index contributed by atoms with van der Waals surface area (Å²) < 4.78 is 12.9. The molecule has 2 N–H and O–H groups in total. The minimum atomic E-state index is 0.234. The third kappa shape index (κ3) is 5.86. The standard InChI is InChI=1S/C19H26N4O2.C2H6/c1-24-13-7-8-14-25-18-16-11-12-23(17(16)21-19(20)22-18)15-9-5-3-2-4-6-10-15;1-2/h11-12,15H,2-6,9-10,13-14H2,1H3,(H2,20,21,22);1-2H3. The fourth-order valence-corrected chi connectivity index (χ4v) is 3.42. The summed E-state index contributed by atoms with van der Waals surface area (Å²) in [5.74, 6) is 6.49. The fourth-order valence-electron chi connectivity index (χ4n) is 3.42. The summed E-state index contributed by atoms with van der Waals surface area (Å²) in [4.78, 5) is 8.72. The second-order valence-electron chi connectivity index (χ2n) is 6.42. The van der Waals surface area contributed by atoms with Gasteiger partial charge in [-0.2, -0.15) is 9.97 Å². The van der Waals surface area contributed by atoms with E-state index >= 15 is 0 Å². The van der Waals surface area contributed by atoms with Crippen LogP contribution in [0.2, 0.25) is 0 Å². The Labute approximate surface area is 162 Å². The highest BCUT2D eigenvalue weighted by Crippen LogP contribution is 2.32. The molecule has 148 valence electrons. The number of nitrogen functional groups attached to an aromatic ring is 1. The molecule has 1 saturated carbocycles. The number of fused-ring (bicyclic) bond motifs is 1. The van der Waals surface area contributed by atoms with Crippen molar-refractivity contribution in [2.75, 3.05) is 26.1 Å². The molecule has 0 radical (unpaired) electrons. The summed E-state index contributed by atoms with van der Waals surface area (Å²) >= 11 is 0. The largest absolute Gasteiger partial charge is 0.464 e. The second kappa shape index (κ2) is 11.5. The van der Waals surface area contributed by atoms with Gasteiger partial charge in [0.2, 0.25) is 11.8 Å². The molecule has 2 aromatic heterocycles. The Hall–Kier alpha value is -2.26. The molecule has 3 rings (SSSR count). The Bertz CT molecular complexity index is 753. The maximum absolute atomic E-state index is 5.92. The molecule has 6 heteroatoms. The number of methoxy groups -OCH3 is 1. The van der Waals surface area contributed by atoms with E-state index in [1.165, 1.54) is 44.9 Å². The van der Waals surface area contributed by atoms with E-state index in [0.717, 1.165) is 11.0 Å². The molecular formula is C21H32N4O2. The molecule has 2 aromatic rings. The zero-order chi connectivity index (χ0) is 19.5. The van der Waals surface area contributed by atoms with Crippen LogP contribution >= 0.6 is 0 Å². The molecule has 0 spiro atoms. The Morgan fingerprint density at radius 2 is 1.74 bits per heavy atom.